The number of halogens is 2. The van der Waals surface area contributed by atoms with Crippen LogP contribution in [0.25, 0.3) is 0 Å². The summed E-state index contributed by atoms with van der Waals surface area (Å²) < 4.78 is 0. The number of hydrogen-bond donors (Lipinski definition) is 1. The van der Waals surface area contributed by atoms with Gasteiger partial charge in [-0.15, -0.1) is 11.8 Å². The molecule has 0 aliphatic carbocycles. The summed E-state index contributed by atoms with van der Waals surface area (Å²) in [7, 11) is 0. The maximum atomic E-state index is 11.8. The Labute approximate surface area is 138 Å². The molecule has 2 aromatic carbocycles. The van der Waals surface area contributed by atoms with Crippen molar-refractivity contribution in [1.82, 2.24) is 5.32 Å². The molecule has 0 radical (unpaired) electrons. The standard InChI is InChI=1S/C16H15Cl2NOS/c17-14-6-3-4-12(8-14)9-19-16(20)11-21-10-13-5-1-2-7-15(13)18/h1-8H,9-11H2,(H,19,20). The van der Waals surface area contributed by atoms with E-state index in [0.717, 1.165) is 21.9 Å². The van der Waals surface area contributed by atoms with E-state index in [2.05, 4.69) is 5.32 Å². The van der Waals surface area contributed by atoms with E-state index in [9.17, 15) is 4.79 Å². The Morgan fingerprint density at radius 3 is 2.67 bits per heavy atom. The fraction of sp³-hybridized carbons (Fsp3) is 0.188. The van der Waals surface area contributed by atoms with Crippen LogP contribution in [-0.2, 0) is 17.1 Å². The van der Waals surface area contributed by atoms with E-state index in [4.69, 9.17) is 23.2 Å². The Morgan fingerprint density at radius 1 is 1.10 bits per heavy atom. The Hall–Kier alpha value is -1.16. The minimum atomic E-state index is 0.00651. The summed E-state index contributed by atoms with van der Waals surface area (Å²) in [6.07, 6.45) is 0. The first-order valence-corrected chi connectivity index (χ1v) is 8.38. The van der Waals surface area contributed by atoms with Crippen LogP contribution in [0, 0.1) is 0 Å². The van der Waals surface area contributed by atoms with Gasteiger partial charge in [0.05, 0.1) is 5.75 Å². The fourth-order valence-electron chi connectivity index (χ4n) is 1.77. The molecule has 0 saturated carbocycles. The third kappa shape index (κ3) is 5.62. The van der Waals surface area contributed by atoms with Crippen molar-refractivity contribution in [2.45, 2.75) is 12.3 Å². The van der Waals surface area contributed by atoms with Crippen LogP contribution in [0.3, 0.4) is 0 Å². The fourth-order valence-corrected chi connectivity index (χ4v) is 3.12. The summed E-state index contributed by atoms with van der Waals surface area (Å²) in [5, 5.41) is 4.29. The summed E-state index contributed by atoms with van der Waals surface area (Å²) in [6, 6.07) is 15.1. The Bertz CT molecular complexity index is 619. The number of rotatable bonds is 6. The van der Waals surface area contributed by atoms with E-state index in [1.807, 2.05) is 48.5 Å². The Morgan fingerprint density at radius 2 is 1.90 bits per heavy atom. The van der Waals surface area contributed by atoms with Crippen LogP contribution in [0.15, 0.2) is 48.5 Å². The van der Waals surface area contributed by atoms with E-state index in [-0.39, 0.29) is 5.91 Å². The van der Waals surface area contributed by atoms with E-state index in [1.165, 1.54) is 0 Å². The average molecular weight is 340 g/mol. The first-order chi connectivity index (χ1) is 10.1. The van der Waals surface area contributed by atoms with Gasteiger partial charge in [0.15, 0.2) is 0 Å². The molecule has 0 aliphatic heterocycles. The highest BCUT2D eigenvalue weighted by atomic mass is 35.5. The molecule has 0 aromatic heterocycles. The largest absolute Gasteiger partial charge is 0.351 e. The molecule has 2 rings (SSSR count). The molecule has 0 saturated heterocycles. The van der Waals surface area contributed by atoms with Crippen molar-refractivity contribution in [3.63, 3.8) is 0 Å². The van der Waals surface area contributed by atoms with Crippen LogP contribution in [-0.4, -0.2) is 11.7 Å². The van der Waals surface area contributed by atoms with Gasteiger partial charge >= 0.3 is 0 Å². The number of carbonyl (C=O) groups excluding carboxylic acids is 1. The minimum absolute atomic E-state index is 0.00651. The second-order valence-electron chi connectivity index (χ2n) is 4.49. The highest BCUT2D eigenvalue weighted by molar-refractivity contribution is 7.99. The Balaban J connectivity index is 1.72. The van der Waals surface area contributed by atoms with Crippen LogP contribution in [0.2, 0.25) is 10.0 Å². The summed E-state index contributed by atoms with van der Waals surface area (Å²) >= 11 is 13.5. The van der Waals surface area contributed by atoms with Crippen molar-refractivity contribution < 1.29 is 4.79 Å². The molecule has 0 atom stereocenters. The lowest BCUT2D eigenvalue weighted by Crippen LogP contribution is -2.24. The second-order valence-corrected chi connectivity index (χ2v) is 6.32. The first kappa shape index (κ1) is 16.2. The van der Waals surface area contributed by atoms with Crippen LogP contribution >= 0.6 is 35.0 Å². The molecule has 0 spiro atoms. The van der Waals surface area contributed by atoms with Gasteiger partial charge in [0.1, 0.15) is 0 Å². The zero-order valence-electron chi connectivity index (χ0n) is 11.3. The average Bonchev–Trinajstić information content (AvgIpc) is 2.47. The van der Waals surface area contributed by atoms with Crippen LogP contribution in [0.5, 0.6) is 0 Å². The summed E-state index contributed by atoms with van der Waals surface area (Å²) in [5.41, 5.74) is 2.04. The smallest absolute Gasteiger partial charge is 0.230 e. The quantitative estimate of drug-likeness (QED) is 0.836. The van der Waals surface area contributed by atoms with E-state index in [0.29, 0.717) is 17.3 Å². The zero-order chi connectivity index (χ0) is 15.1. The first-order valence-electron chi connectivity index (χ1n) is 6.47. The third-order valence-corrected chi connectivity index (χ3v) is 4.41. The third-order valence-electron chi connectivity index (χ3n) is 2.83. The molecule has 0 heterocycles. The lowest BCUT2D eigenvalue weighted by molar-refractivity contribution is -0.118. The van der Waals surface area contributed by atoms with Crippen LogP contribution < -0.4 is 5.32 Å². The van der Waals surface area contributed by atoms with E-state index >= 15 is 0 Å². The number of benzene rings is 2. The highest BCUT2D eigenvalue weighted by Crippen LogP contribution is 2.20. The van der Waals surface area contributed by atoms with Gasteiger partial charge in [0.2, 0.25) is 5.91 Å². The molecule has 1 N–H and O–H groups in total. The van der Waals surface area contributed by atoms with Crippen molar-refractivity contribution in [2.24, 2.45) is 0 Å². The maximum absolute atomic E-state index is 11.8. The molecular weight excluding hydrogens is 325 g/mol. The lowest BCUT2D eigenvalue weighted by atomic mass is 10.2. The van der Waals surface area contributed by atoms with Gasteiger partial charge in [-0.1, -0.05) is 53.5 Å². The molecule has 2 aromatic rings. The number of thioether (sulfide) groups is 1. The van der Waals surface area contributed by atoms with Gasteiger partial charge in [-0.25, -0.2) is 0 Å². The number of carbonyl (C=O) groups is 1. The minimum Gasteiger partial charge on any atom is -0.351 e. The zero-order valence-corrected chi connectivity index (χ0v) is 13.6. The topological polar surface area (TPSA) is 29.1 Å². The molecular formula is C16H15Cl2NOS. The maximum Gasteiger partial charge on any atom is 0.230 e. The molecule has 5 heteroatoms. The van der Waals surface area contributed by atoms with Crippen molar-refractivity contribution >= 4 is 40.9 Å². The van der Waals surface area contributed by atoms with Crippen molar-refractivity contribution in [3.05, 3.63) is 69.7 Å². The number of amides is 1. The Kier molecular flexibility index (Phi) is 6.43. The summed E-state index contributed by atoms with van der Waals surface area (Å²) in [6.45, 7) is 0.492. The van der Waals surface area contributed by atoms with Crippen molar-refractivity contribution in [3.8, 4) is 0 Å². The molecule has 1 amide bonds. The van der Waals surface area contributed by atoms with Crippen LogP contribution in [0.4, 0.5) is 0 Å². The van der Waals surface area contributed by atoms with E-state index in [1.54, 1.807) is 11.8 Å². The monoisotopic (exact) mass is 339 g/mol. The van der Waals surface area contributed by atoms with Gasteiger partial charge in [-0.05, 0) is 29.3 Å². The van der Waals surface area contributed by atoms with Gasteiger partial charge in [-0.2, -0.15) is 0 Å². The van der Waals surface area contributed by atoms with Crippen molar-refractivity contribution in [2.75, 3.05) is 5.75 Å². The number of nitrogens with one attached hydrogen (secondary N) is 1. The summed E-state index contributed by atoms with van der Waals surface area (Å²) in [4.78, 5) is 11.8. The van der Waals surface area contributed by atoms with Crippen molar-refractivity contribution in [1.29, 1.82) is 0 Å². The molecule has 0 unspecified atom stereocenters. The van der Waals surface area contributed by atoms with Gasteiger partial charge in [-0.3, -0.25) is 4.79 Å². The van der Waals surface area contributed by atoms with Crippen LogP contribution in [0.1, 0.15) is 11.1 Å². The van der Waals surface area contributed by atoms with E-state index < -0.39 is 0 Å². The molecule has 0 bridgehead atoms. The van der Waals surface area contributed by atoms with Gasteiger partial charge < -0.3 is 5.32 Å². The predicted molar refractivity (Wildman–Crippen MR) is 90.9 cm³/mol. The predicted octanol–water partition coefficient (Wildman–Crippen LogP) is 4.54. The molecule has 2 nitrogen and oxygen atoms in total. The normalized spacial score (nSPS) is 10.4. The van der Waals surface area contributed by atoms with Gasteiger partial charge in [0.25, 0.3) is 0 Å². The summed E-state index contributed by atoms with van der Waals surface area (Å²) in [5.74, 6) is 1.14. The highest BCUT2D eigenvalue weighted by Gasteiger charge is 2.04. The molecule has 0 fully saturated rings. The molecule has 110 valence electrons. The molecule has 0 aliphatic rings. The SMILES string of the molecule is O=C(CSCc1ccccc1Cl)NCc1cccc(Cl)c1. The van der Waals surface area contributed by atoms with Gasteiger partial charge in [0, 0.05) is 22.3 Å². The lowest BCUT2D eigenvalue weighted by Gasteiger charge is -2.06. The second kappa shape index (κ2) is 8.32. The molecule has 21 heavy (non-hydrogen) atoms. The number of hydrogen-bond acceptors (Lipinski definition) is 2.